The van der Waals surface area contributed by atoms with Gasteiger partial charge in [-0.05, 0) is 36.0 Å². The Morgan fingerprint density at radius 3 is 2.64 bits per heavy atom. The largest absolute Gasteiger partial charge is 0.490 e. The van der Waals surface area contributed by atoms with Gasteiger partial charge in [-0.25, -0.2) is 0 Å². The third-order valence-corrected chi connectivity index (χ3v) is 5.05. The molecule has 0 saturated carbocycles. The second-order valence-corrected chi connectivity index (χ2v) is 7.15. The summed E-state index contributed by atoms with van der Waals surface area (Å²) in [6.45, 7) is 9.79. The quantitative estimate of drug-likeness (QED) is 0.808. The molecule has 0 bridgehead atoms. The normalized spacial score (nSPS) is 16.4. The molecule has 134 valence electrons. The number of aromatic nitrogens is 2. The van der Waals surface area contributed by atoms with Crippen molar-refractivity contribution in [1.29, 1.82) is 0 Å². The fourth-order valence-electron chi connectivity index (χ4n) is 2.98. The summed E-state index contributed by atoms with van der Waals surface area (Å²) in [4.78, 5) is 15.5. The van der Waals surface area contributed by atoms with Crippen molar-refractivity contribution in [2.45, 2.75) is 58.6 Å². The molecule has 5 heteroatoms. The Morgan fingerprint density at radius 1 is 1.28 bits per heavy atom. The highest BCUT2D eigenvalue weighted by Gasteiger charge is 2.26. The molecule has 3 rings (SSSR count). The molecule has 2 heterocycles. The van der Waals surface area contributed by atoms with Crippen molar-refractivity contribution in [3.63, 3.8) is 0 Å². The van der Waals surface area contributed by atoms with E-state index in [1.54, 1.807) is 6.07 Å². The Morgan fingerprint density at radius 2 is 2.00 bits per heavy atom. The van der Waals surface area contributed by atoms with E-state index >= 15 is 0 Å². The standard InChI is InChI=1S/C20H26N2O3/c1-5-15-11-18(23)21-19-22(15)12-17(25-19)13-24-16-9-7-14(8-10-16)20(3,4)6-2/h7-11,17H,5-6,12-13H2,1-4H3/t17-/m0/s1. The van der Waals surface area contributed by atoms with Crippen LogP contribution in [0.15, 0.2) is 35.1 Å². The summed E-state index contributed by atoms with van der Waals surface area (Å²) in [5.41, 5.74) is 2.17. The molecular weight excluding hydrogens is 316 g/mol. The van der Waals surface area contributed by atoms with Crippen LogP contribution in [-0.4, -0.2) is 22.3 Å². The minimum Gasteiger partial charge on any atom is -0.490 e. The molecule has 0 radical (unpaired) electrons. The lowest BCUT2D eigenvalue weighted by Crippen LogP contribution is -2.23. The predicted octanol–water partition coefficient (Wildman–Crippen LogP) is 3.33. The van der Waals surface area contributed by atoms with E-state index in [-0.39, 0.29) is 17.1 Å². The molecule has 0 aliphatic carbocycles. The summed E-state index contributed by atoms with van der Waals surface area (Å²) in [5.74, 6) is 0.827. The SMILES string of the molecule is CCc1cc(=O)nc2n1C[C@@H](COc1ccc(C(C)(C)CC)cc1)O2. The summed E-state index contributed by atoms with van der Waals surface area (Å²) in [7, 11) is 0. The van der Waals surface area contributed by atoms with Crippen molar-refractivity contribution in [3.8, 4) is 11.8 Å². The monoisotopic (exact) mass is 342 g/mol. The van der Waals surface area contributed by atoms with Crippen LogP contribution in [0.5, 0.6) is 11.8 Å². The lowest BCUT2D eigenvalue weighted by Gasteiger charge is -2.23. The Balaban J connectivity index is 1.63. The topological polar surface area (TPSA) is 53.4 Å². The molecule has 5 nitrogen and oxygen atoms in total. The first-order chi connectivity index (χ1) is 11.9. The molecule has 1 atom stereocenters. The Labute approximate surface area is 148 Å². The highest BCUT2D eigenvalue weighted by molar-refractivity contribution is 5.31. The first-order valence-corrected chi connectivity index (χ1v) is 8.93. The van der Waals surface area contributed by atoms with Crippen LogP contribution in [0.2, 0.25) is 0 Å². The van der Waals surface area contributed by atoms with Crippen LogP contribution >= 0.6 is 0 Å². The molecule has 2 aromatic rings. The van der Waals surface area contributed by atoms with Crippen LogP contribution < -0.4 is 15.0 Å². The molecule has 0 unspecified atom stereocenters. The maximum Gasteiger partial charge on any atom is 0.300 e. The molecule has 25 heavy (non-hydrogen) atoms. The van der Waals surface area contributed by atoms with Gasteiger partial charge in [-0.3, -0.25) is 9.36 Å². The molecule has 0 amide bonds. The molecule has 1 aromatic carbocycles. The molecule has 0 N–H and O–H groups in total. The second-order valence-electron chi connectivity index (χ2n) is 7.15. The van der Waals surface area contributed by atoms with E-state index in [9.17, 15) is 4.79 Å². The highest BCUT2D eigenvalue weighted by Crippen LogP contribution is 2.28. The Kier molecular flexibility index (Phi) is 4.84. The molecule has 1 aliphatic rings. The molecular formula is C20H26N2O3. The van der Waals surface area contributed by atoms with Gasteiger partial charge in [0.05, 0.1) is 6.54 Å². The van der Waals surface area contributed by atoms with Gasteiger partial charge in [-0.15, -0.1) is 0 Å². The fraction of sp³-hybridized carbons (Fsp3) is 0.500. The molecule has 0 saturated heterocycles. The van der Waals surface area contributed by atoms with E-state index in [1.165, 1.54) is 5.56 Å². The zero-order chi connectivity index (χ0) is 18.0. The van der Waals surface area contributed by atoms with E-state index in [1.807, 2.05) is 23.6 Å². The summed E-state index contributed by atoms with van der Waals surface area (Å²) < 4.78 is 13.6. The molecule has 0 spiro atoms. The maximum absolute atomic E-state index is 11.6. The average molecular weight is 342 g/mol. The van der Waals surface area contributed by atoms with Gasteiger partial charge in [-0.1, -0.05) is 39.8 Å². The number of hydrogen-bond acceptors (Lipinski definition) is 4. The van der Waals surface area contributed by atoms with Crippen molar-refractivity contribution in [3.05, 3.63) is 51.9 Å². The van der Waals surface area contributed by atoms with Gasteiger partial charge < -0.3 is 9.47 Å². The number of aryl methyl sites for hydroxylation is 1. The summed E-state index contributed by atoms with van der Waals surface area (Å²) >= 11 is 0. The van der Waals surface area contributed by atoms with Gasteiger partial charge in [0, 0.05) is 11.8 Å². The van der Waals surface area contributed by atoms with Gasteiger partial charge in [0.2, 0.25) is 0 Å². The van der Waals surface area contributed by atoms with Crippen LogP contribution in [0, 0.1) is 0 Å². The Bertz CT molecular complexity index is 794. The van der Waals surface area contributed by atoms with Crippen LogP contribution in [0.1, 0.15) is 45.4 Å². The smallest absolute Gasteiger partial charge is 0.300 e. The van der Waals surface area contributed by atoms with Gasteiger partial charge in [0.1, 0.15) is 12.4 Å². The van der Waals surface area contributed by atoms with E-state index in [4.69, 9.17) is 9.47 Å². The third-order valence-electron chi connectivity index (χ3n) is 5.05. The van der Waals surface area contributed by atoms with Crippen molar-refractivity contribution in [2.75, 3.05) is 6.61 Å². The second kappa shape index (κ2) is 6.90. The first kappa shape index (κ1) is 17.5. The number of hydrogen-bond donors (Lipinski definition) is 0. The number of rotatable bonds is 6. The first-order valence-electron chi connectivity index (χ1n) is 8.93. The van der Waals surface area contributed by atoms with Crippen LogP contribution in [0.4, 0.5) is 0 Å². The highest BCUT2D eigenvalue weighted by atomic mass is 16.6. The minimum atomic E-state index is -0.251. The van der Waals surface area contributed by atoms with Crippen molar-refractivity contribution >= 4 is 0 Å². The van der Waals surface area contributed by atoms with E-state index in [0.29, 0.717) is 19.2 Å². The lowest BCUT2D eigenvalue weighted by molar-refractivity contribution is 0.143. The van der Waals surface area contributed by atoms with Gasteiger partial charge in [-0.2, -0.15) is 4.98 Å². The summed E-state index contributed by atoms with van der Waals surface area (Å²) in [5, 5.41) is 0. The summed E-state index contributed by atoms with van der Waals surface area (Å²) in [6.07, 6.45) is 1.73. The number of benzene rings is 1. The zero-order valence-corrected chi connectivity index (χ0v) is 15.4. The van der Waals surface area contributed by atoms with Crippen LogP contribution in [0.3, 0.4) is 0 Å². The average Bonchev–Trinajstić information content (AvgIpc) is 3.02. The third kappa shape index (κ3) is 3.70. The van der Waals surface area contributed by atoms with Crippen LogP contribution in [0.25, 0.3) is 0 Å². The molecule has 0 fully saturated rings. The van der Waals surface area contributed by atoms with Gasteiger partial charge in [0.25, 0.3) is 11.6 Å². The number of nitrogens with zero attached hydrogens (tertiary/aromatic N) is 2. The van der Waals surface area contributed by atoms with Crippen LogP contribution in [-0.2, 0) is 18.4 Å². The number of ether oxygens (including phenoxy) is 2. The van der Waals surface area contributed by atoms with Gasteiger partial charge >= 0.3 is 0 Å². The lowest BCUT2D eigenvalue weighted by atomic mass is 9.82. The van der Waals surface area contributed by atoms with E-state index in [2.05, 4.69) is 37.9 Å². The zero-order valence-electron chi connectivity index (χ0n) is 15.4. The van der Waals surface area contributed by atoms with Gasteiger partial charge in [0.15, 0.2) is 6.10 Å². The molecule has 1 aromatic heterocycles. The predicted molar refractivity (Wildman–Crippen MR) is 97.5 cm³/mol. The van der Waals surface area contributed by atoms with Crippen molar-refractivity contribution < 1.29 is 9.47 Å². The maximum atomic E-state index is 11.6. The number of fused-ring (bicyclic) bond motifs is 1. The molecule has 1 aliphatic heterocycles. The van der Waals surface area contributed by atoms with Crippen molar-refractivity contribution in [2.24, 2.45) is 0 Å². The Hall–Kier alpha value is -2.30. The van der Waals surface area contributed by atoms with E-state index in [0.717, 1.165) is 24.3 Å². The summed E-state index contributed by atoms with van der Waals surface area (Å²) in [6, 6.07) is 10.2. The van der Waals surface area contributed by atoms with Crippen molar-refractivity contribution in [1.82, 2.24) is 9.55 Å². The van der Waals surface area contributed by atoms with E-state index < -0.39 is 0 Å². The minimum absolute atomic E-state index is 0.133. The fourth-order valence-corrected chi connectivity index (χ4v) is 2.98.